The van der Waals surface area contributed by atoms with Crippen LogP contribution in [0.3, 0.4) is 0 Å². The van der Waals surface area contributed by atoms with Crippen molar-refractivity contribution in [2.75, 3.05) is 39.3 Å². The zero-order chi connectivity index (χ0) is 21.3. The van der Waals surface area contributed by atoms with E-state index in [1.165, 1.54) is 4.31 Å². The zero-order valence-corrected chi connectivity index (χ0v) is 18.0. The van der Waals surface area contributed by atoms with Gasteiger partial charge in [0.25, 0.3) is 0 Å². The Hall–Kier alpha value is -1.58. The van der Waals surface area contributed by atoms with Gasteiger partial charge in [-0.3, -0.25) is 9.69 Å². The van der Waals surface area contributed by atoms with Crippen molar-refractivity contribution in [3.05, 3.63) is 29.8 Å². The lowest BCUT2D eigenvalue weighted by Crippen LogP contribution is -2.56. The lowest BCUT2D eigenvalue weighted by Gasteiger charge is -2.41. The third-order valence-corrected chi connectivity index (χ3v) is 7.78. The van der Waals surface area contributed by atoms with Crippen LogP contribution in [0.1, 0.15) is 27.2 Å². The maximum atomic E-state index is 13.5. The molecule has 9 heteroatoms. The molecule has 0 unspecified atom stereocenters. The number of halogens is 2. The Morgan fingerprint density at radius 2 is 1.62 bits per heavy atom. The highest BCUT2D eigenvalue weighted by atomic mass is 32.2. The van der Waals surface area contributed by atoms with E-state index >= 15 is 0 Å². The summed E-state index contributed by atoms with van der Waals surface area (Å²) in [4.78, 5) is 16.6. The Kier molecular flexibility index (Phi) is 6.60. The van der Waals surface area contributed by atoms with Gasteiger partial charge in [-0.15, -0.1) is 0 Å². The van der Waals surface area contributed by atoms with Crippen molar-refractivity contribution in [3.63, 3.8) is 0 Å². The number of piperidine rings is 1. The molecule has 2 aliphatic heterocycles. The molecule has 2 aliphatic rings. The van der Waals surface area contributed by atoms with Crippen molar-refractivity contribution in [1.29, 1.82) is 0 Å². The Balaban J connectivity index is 1.62. The Morgan fingerprint density at radius 3 is 2.17 bits per heavy atom. The average molecular weight is 430 g/mol. The summed E-state index contributed by atoms with van der Waals surface area (Å²) in [5, 5.41) is 0. The van der Waals surface area contributed by atoms with Crippen LogP contribution in [-0.2, 0) is 14.8 Å². The highest BCUT2D eigenvalue weighted by Gasteiger charge is 2.35. The normalized spacial score (nSPS) is 25.8. The van der Waals surface area contributed by atoms with E-state index in [9.17, 15) is 22.0 Å². The third kappa shape index (κ3) is 4.78. The SMILES string of the molecule is C[C@@H]1C[C@H](C)CN(C(=O)[C@H](C)N2CCN(S(=O)(=O)c3ccc(F)c(F)c3)CC2)C1. The maximum absolute atomic E-state index is 13.5. The number of nitrogens with zero attached hydrogens (tertiary/aromatic N) is 3. The minimum atomic E-state index is -3.90. The van der Waals surface area contributed by atoms with E-state index in [1.54, 1.807) is 0 Å². The molecule has 0 spiro atoms. The molecular formula is C20H29F2N3O3S. The van der Waals surface area contributed by atoms with E-state index in [-0.39, 0.29) is 29.9 Å². The molecule has 0 bridgehead atoms. The van der Waals surface area contributed by atoms with Crippen LogP contribution in [-0.4, -0.2) is 73.7 Å². The number of carbonyl (C=O) groups excluding carboxylic acids is 1. The standard InChI is InChI=1S/C20H29F2N3O3S/c1-14-10-15(2)13-24(12-14)20(26)16(3)23-6-8-25(9-7-23)29(27,28)17-4-5-18(21)19(22)11-17/h4-5,11,14-16H,6-10,12-13H2,1-3H3/t14-,15+,16-/m0/s1. The van der Waals surface area contributed by atoms with Crippen LogP contribution in [0.2, 0.25) is 0 Å². The number of likely N-dealkylation sites (tertiary alicyclic amines) is 1. The lowest BCUT2D eigenvalue weighted by molar-refractivity contribution is -0.139. The Labute approximate surface area is 171 Å². The second kappa shape index (κ2) is 8.65. The summed E-state index contributed by atoms with van der Waals surface area (Å²) in [6.45, 7) is 8.92. The summed E-state index contributed by atoms with van der Waals surface area (Å²) in [7, 11) is -3.90. The number of hydrogen-bond donors (Lipinski definition) is 0. The Morgan fingerprint density at radius 1 is 1.03 bits per heavy atom. The molecule has 3 atom stereocenters. The summed E-state index contributed by atoms with van der Waals surface area (Å²) < 4.78 is 53.3. The fourth-order valence-corrected chi connectivity index (χ4v) is 5.82. The molecule has 1 amide bonds. The maximum Gasteiger partial charge on any atom is 0.243 e. The van der Waals surface area contributed by atoms with Gasteiger partial charge in [0.05, 0.1) is 10.9 Å². The minimum absolute atomic E-state index is 0.0836. The first-order valence-electron chi connectivity index (χ1n) is 10.1. The summed E-state index contributed by atoms with van der Waals surface area (Å²) in [5.41, 5.74) is 0. The lowest BCUT2D eigenvalue weighted by atomic mass is 9.91. The van der Waals surface area contributed by atoms with Gasteiger partial charge in [0.2, 0.25) is 15.9 Å². The topological polar surface area (TPSA) is 60.9 Å². The van der Waals surface area contributed by atoms with Crippen LogP contribution in [0.25, 0.3) is 0 Å². The number of amides is 1. The smallest absolute Gasteiger partial charge is 0.243 e. The van der Waals surface area contributed by atoms with Crippen molar-refractivity contribution in [1.82, 2.24) is 14.1 Å². The first kappa shape index (κ1) is 22.1. The molecule has 29 heavy (non-hydrogen) atoms. The van der Waals surface area contributed by atoms with Crippen molar-refractivity contribution in [3.8, 4) is 0 Å². The third-order valence-electron chi connectivity index (χ3n) is 5.89. The molecule has 0 radical (unpaired) electrons. The van der Waals surface area contributed by atoms with Gasteiger partial charge in [-0.2, -0.15) is 4.31 Å². The summed E-state index contributed by atoms with van der Waals surface area (Å²) in [6.07, 6.45) is 1.12. The molecule has 1 aromatic rings. The Bertz CT molecular complexity index is 847. The van der Waals surface area contributed by atoms with E-state index in [4.69, 9.17) is 0 Å². The minimum Gasteiger partial charge on any atom is -0.341 e. The number of rotatable bonds is 4. The van der Waals surface area contributed by atoms with Gasteiger partial charge in [-0.1, -0.05) is 13.8 Å². The quantitative estimate of drug-likeness (QED) is 0.736. The fraction of sp³-hybridized carbons (Fsp3) is 0.650. The average Bonchev–Trinajstić information content (AvgIpc) is 2.68. The number of carbonyl (C=O) groups is 1. The number of piperazine rings is 1. The largest absolute Gasteiger partial charge is 0.341 e. The molecule has 2 heterocycles. The van der Waals surface area contributed by atoms with Crippen LogP contribution >= 0.6 is 0 Å². The van der Waals surface area contributed by atoms with Crippen molar-refractivity contribution >= 4 is 15.9 Å². The van der Waals surface area contributed by atoms with Crippen molar-refractivity contribution in [2.24, 2.45) is 11.8 Å². The van der Waals surface area contributed by atoms with Crippen LogP contribution < -0.4 is 0 Å². The summed E-state index contributed by atoms with van der Waals surface area (Å²) in [5.74, 6) is -1.22. The number of benzene rings is 1. The second-order valence-electron chi connectivity index (χ2n) is 8.38. The first-order valence-corrected chi connectivity index (χ1v) is 11.5. The second-order valence-corrected chi connectivity index (χ2v) is 10.3. The van der Waals surface area contributed by atoms with Crippen LogP contribution in [0.5, 0.6) is 0 Å². The van der Waals surface area contributed by atoms with Crippen molar-refractivity contribution < 1.29 is 22.0 Å². The van der Waals surface area contributed by atoms with Gasteiger partial charge in [-0.05, 0) is 43.4 Å². The number of hydrogen-bond acceptors (Lipinski definition) is 4. The highest BCUT2D eigenvalue weighted by Crippen LogP contribution is 2.24. The summed E-state index contributed by atoms with van der Waals surface area (Å²) in [6, 6.07) is 2.28. The van der Waals surface area contributed by atoms with Gasteiger partial charge >= 0.3 is 0 Å². The predicted octanol–water partition coefficient (Wildman–Crippen LogP) is 2.16. The van der Waals surface area contributed by atoms with Gasteiger partial charge < -0.3 is 4.90 Å². The molecule has 162 valence electrons. The van der Waals surface area contributed by atoms with Crippen LogP contribution in [0.15, 0.2) is 23.1 Å². The van der Waals surface area contributed by atoms with Gasteiger partial charge in [0.1, 0.15) is 0 Å². The highest BCUT2D eigenvalue weighted by molar-refractivity contribution is 7.89. The molecular weight excluding hydrogens is 400 g/mol. The molecule has 2 fully saturated rings. The van der Waals surface area contributed by atoms with E-state index in [2.05, 4.69) is 13.8 Å². The van der Waals surface area contributed by atoms with E-state index in [0.29, 0.717) is 31.0 Å². The number of sulfonamides is 1. The molecule has 6 nitrogen and oxygen atoms in total. The van der Waals surface area contributed by atoms with E-state index in [1.807, 2.05) is 16.7 Å². The fourth-order valence-electron chi connectivity index (χ4n) is 4.38. The molecule has 0 aromatic heterocycles. The molecule has 3 rings (SSSR count). The molecule has 0 aliphatic carbocycles. The predicted molar refractivity (Wildman–Crippen MR) is 106 cm³/mol. The molecule has 2 saturated heterocycles. The van der Waals surface area contributed by atoms with Crippen LogP contribution in [0, 0.1) is 23.5 Å². The van der Waals surface area contributed by atoms with E-state index < -0.39 is 21.7 Å². The van der Waals surface area contributed by atoms with Gasteiger partial charge in [0, 0.05) is 39.3 Å². The van der Waals surface area contributed by atoms with Crippen LogP contribution in [0.4, 0.5) is 8.78 Å². The molecule has 1 aromatic carbocycles. The molecule has 0 N–H and O–H groups in total. The van der Waals surface area contributed by atoms with E-state index in [0.717, 1.165) is 31.6 Å². The van der Waals surface area contributed by atoms with Gasteiger partial charge in [-0.25, -0.2) is 17.2 Å². The zero-order valence-electron chi connectivity index (χ0n) is 17.1. The molecule has 0 saturated carbocycles. The van der Waals surface area contributed by atoms with Gasteiger partial charge in [0.15, 0.2) is 11.6 Å². The first-order chi connectivity index (χ1) is 13.6. The monoisotopic (exact) mass is 429 g/mol. The summed E-state index contributed by atoms with van der Waals surface area (Å²) >= 11 is 0. The van der Waals surface area contributed by atoms with Crippen molar-refractivity contribution in [2.45, 2.75) is 38.1 Å².